The van der Waals surface area contributed by atoms with E-state index in [1.807, 2.05) is 30.3 Å². The van der Waals surface area contributed by atoms with E-state index in [1.165, 1.54) is 0 Å². The van der Waals surface area contributed by atoms with Crippen molar-refractivity contribution >= 4 is 34.3 Å². The maximum Gasteiger partial charge on any atom is 0.241 e. The van der Waals surface area contributed by atoms with Gasteiger partial charge in [0.2, 0.25) is 5.91 Å². The summed E-state index contributed by atoms with van der Waals surface area (Å²) in [6, 6.07) is 3.96. The monoisotopic (exact) mass is 317 g/mol. The van der Waals surface area contributed by atoms with E-state index < -0.39 is 0 Å². The van der Waals surface area contributed by atoms with Crippen LogP contribution in [0, 0.1) is 3.57 Å². The van der Waals surface area contributed by atoms with Gasteiger partial charge >= 0.3 is 0 Å². The molecule has 1 fully saturated rings. The minimum atomic E-state index is 0.154. The van der Waals surface area contributed by atoms with Gasteiger partial charge in [0.05, 0.1) is 6.54 Å². The first kappa shape index (κ1) is 10.7. The van der Waals surface area contributed by atoms with Gasteiger partial charge in [-0.25, -0.2) is 4.98 Å². The first-order valence-electron chi connectivity index (χ1n) is 4.77. The number of carbonyl (C=O) groups is 1. The standard InChI is InChI=1S/C10H12IN3O/c1-13-4-5-14(7-10(13)15)9-3-2-8(11)6-12-9/h2-3,6H,4-5,7H2,1H3. The van der Waals surface area contributed by atoms with Crippen molar-refractivity contribution in [3.63, 3.8) is 0 Å². The van der Waals surface area contributed by atoms with Crippen LogP contribution in [0.1, 0.15) is 0 Å². The third kappa shape index (κ3) is 2.39. The van der Waals surface area contributed by atoms with Crippen LogP contribution in [-0.4, -0.2) is 42.5 Å². The highest BCUT2D eigenvalue weighted by Gasteiger charge is 2.21. The molecule has 1 aliphatic heterocycles. The molecule has 1 aromatic heterocycles. The van der Waals surface area contributed by atoms with E-state index >= 15 is 0 Å². The lowest BCUT2D eigenvalue weighted by Gasteiger charge is -2.32. The number of anilines is 1. The van der Waals surface area contributed by atoms with Crippen molar-refractivity contribution in [1.82, 2.24) is 9.88 Å². The topological polar surface area (TPSA) is 36.4 Å². The Morgan fingerprint density at radius 1 is 1.40 bits per heavy atom. The second-order valence-electron chi connectivity index (χ2n) is 3.57. The molecule has 15 heavy (non-hydrogen) atoms. The summed E-state index contributed by atoms with van der Waals surface area (Å²) in [5, 5.41) is 0. The van der Waals surface area contributed by atoms with E-state index in [-0.39, 0.29) is 5.91 Å². The molecule has 5 heteroatoms. The van der Waals surface area contributed by atoms with Gasteiger partial charge in [0.15, 0.2) is 0 Å². The molecule has 2 rings (SSSR count). The van der Waals surface area contributed by atoms with Crippen LogP contribution in [0.15, 0.2) is 18.3 Å². The van der Waals surface area contributed by atoms with Crippen LogP contribution in [0.4, 0.5) is 5.82 Å². The number of hydrogen-bond acceptors (Lipinski definition) is 3. The molecule has 0 radical (unpaired) electrons. The summed E-state index contributed by atoms with van der Waals surface area (Å²) >= 11 is 2.22. The first-order valence-corrected chi connectivity index (χ1v) is 5.85. The third-order valence-electron chi connectivity index (χ3n) is 2.49. The highest BCUT2D eigenvalue weighted by Crippen LogP contribution is 2.14. The Hall–Kier alpha value is -0.850. The number of rotatable bonds is 1. The SMILES string of the molecule is CN1CCN(c2ccc(I)cn2)CC1=O. The van der Waals surface area contributed by atoms with E-state index in [1.54, 1.807) is 4.90 Å². The molecular weight excluding hydrogens is 305 g/mol. The Bertz CT molecular complexity index is 365. The summed E-state index contributed by atoms with van der Waals surface area (Å²) in [4.78, 5) is 19.6. The van der Waals surface area contributed by atoms with Crippen LogP contribution in [0.25, 0.3) is 0 Å². The van der Waals surface area contributed by atoms with Crippen LogP contribution in [0.2, 0.25) is 0 Å². The quantitative estimate of drug-likeness (QED) is 0.724. The van der Waals surface area contributed by atoms with Gasteiger partial charge < -0.3 is 9.80 Å². The van der Waals surface area contributed by atoms with Gasteiger partial charge in [-0.3, -0.25) is 4.79 Å². The number of likely N-dealkylation sites (N-methyl/N-ethyl adjacent to an activating group) is 1. The Morgan fingerprint density at radius 3 is 2.80 bits per heavy atom. The zero-order chi connectivity index (χ0) is 10.8. The number of carbonyl (C=O) groups excluding carboxylic acids is 1. The Balaban J connectivity index is 2.12. The molecule has 0 atom stereocenters. The molecule has 80 valence electrons. The molecule has 4 nitrogen and oxygen atoms in total. The maximum absolute atomic E-state index is 11.5. The molecule has 1 amide bonds. The van der Waals surface area contributed by atoms with Crippen LogP contribution in [-0.2, 0) is 4.79 Å². The van der Waals surface area contributed by atoms with Crippen LogP contribution in [0.3, 0.4) is 0 Å². The number of amides is 1. The van der Waals surface area contributed by atoms with Gasteiger partial charge in [0, 0.05) is 29.9 Å². The largest absolute Gasteiger partial charge is 0.346 e. The molecule has 0 unspecified atom stereocenters. The third-order valence-corrected chi connectivity index (χ3v) is 3.13. The molecule has 1 aliphatic rings. The fraction of sp³-hybridized carbons (Fsp3) is 0.400. The number of halogens is 1. The zero-order valence-corrected chi connectivity index (χ0v) is 10.6. The smallest absolute Gasteiger partial charge is 0.241 e. The second kappa shape index (κ2) is 4.34. The van der Waals surface area contributed by atoms with Crippen molar-refractivity contribution in [3.8, 4) is 0 Å². The van der Waals surface area contributed by atoms with Crippen molar-refractivity contribution in [1.29, 1.82) is 0 Å². The summed E-state index contributed by atoms with van der Waals surface area (Å²) in [7, 11) is 1.83. The summed E-state index contributed by atoms with van der Waals surface area (Å²) in [5.74, 6) is 1.04. The van der Waals surface area contributed by atoms with E-state index in [2.05, 4.69) is 27.6 Å². The van der Waals surface area contributed by atoms with Gasteiger partial charge in [-0.2, -0.15) is 0 Å². The predicted octanol–water partition coefficient (Wildman–Crippen LogP) is 0.965. The van der Waals surface area contributed by atoms with Crippen LogP contribution in [0.5, 0.6) is 0 Å². The molecule has 1 aromatic rings. The molecular formula is C10H12IN3O. The number of pyridine rings is 1. The average Bonchev–Trinajstić information content (AvgIpc) is 2.23. The maximum atomic E-state index is 11.5. The van der Waals surface area contributed by atoms with E-state index in [0.29, 0.717) is 6.54 Å². The predicted molar refractivity (Wildman–Crippen MR) is 66.8 cm³/mol. The lowest BCUT2D eigenvalue weighted by molar-refractivity contribution is -0.129. The number of aromatic nitrogens is 1. The summed E-state index contributed by atoms with van der Waals surface area (Å²) in [6.07, 6.45) is 1.82. The van der Waals surface area contributed by atoms with Crippen molar-refractivity contribution in [2.24, 2.45) is 0 Å². The van der Waals surface area contributed by atoms with Crippen molar-refractivity contribution in [3.05, 3.63) is 21.9 Å². The molecule has 0 aliphatic carbocycles. The van der Waals surface area contributed by atoms with Gasteiger partial charge in [-0.05, 0) is 34.7 Å². The first-order chi connectivity index (χ1) is 7.16. The van der Waals surface area contributed by atoms with Gasteiger partial charge in [-0.15, -0.1) is 0 Å². The van der Waals surface area contributed by atoms with Gasteiger partial charge in [0.25, 0.3) is 0 Å². The Kier molecular flexibility index (Phi) is 3.08. The number of nitrogens with zero attached hydrogens (tertiary/aromatic N) is 3. The van der Waals surface area contributed by atoms with E-state index in [0.717, 1.165) is 22.5 Å². The van der Waals surface area contributed by atoms with E-state index in [9.17, 15) is 4.79 Å². The summed E-state index contributed by atoms with van der Waals surface area (Å²) in [5.41, 5.74) is 0. The molecule has 0 saturated carbocycles. The highest BCUT2D eigenvalue weighted by atomic mass is 127. The van der Waals surface area contributed by atoms with Crippen molar-refractivity contribution < 1.29 is 4.79 Å². The minimum Gasteiger partial charge on any atom is -0.346 e. The Morgan fingerprint density at radius 2 is 2.20 bits per heavy atom. The van der Waals surface area contributed by atoms with Crippen molar-refractivity contribution in [2.75, 3.05) is 31.6 Å². The lowest BCUT2D eigenvalue weighted by atomic mass is 10.3. The average molecular weight is 317 g/mol. The molecule has 0 spiro atoms. The van der Waals surface area contributed by atoms with Crippen molar-refractivity contribution in [2.45, 2.75) is 0 Å². The molecule has 1 saturated heterocycles. The zero-order valence-electron chi connectivity index (χ0n) is 8.48. The number of piperazine rings is 1. The Labute approximate surface area is 102 Å². The molecule has 0 bridgehead atoms. The lowest BCUT2D eigenvalue weighted by Crippen LogP contribution is -2.48. The fourth-order valence-corrected chi connectivity index (χ4v) is 1.83. The molecule has 2 heterocycles. The normalized spacial score (nSPS) is 17.1. The van der Waals surface area contributed by atoms with E-state index in [4.69, 9.17) is 0 Å². The summed E-state index contributed by atoms with van der Waals surface area (Å²) < 4.78 is 1.11. The van der Waals surface area contributed by atoms with Crippen LogP contribution < -0.4 is 4.90 Å². The molecule has 0 N–H and O–H groups in total. The minimum absolute atomic E-state index is 0.154. The highest BCUT2D eigenvalue weighted by molar-refractivity contribution is 14.1. The molecule has 0 aromatic carbocycles. The van der Waals surface area contributed by atoms with Crippen LogP contribution >= 0.6 is 22.6 Å². The second-order valence-corrected chi connectivity index (χ2v) is 4.82. The summed E-state index contributed by atoms with van der Waals surface area (Å²) in [6.45, 7) is 2.06. The fourth-order valence-electron chi connectivity index (χ4n) is 1.51. The van der Waals surface area contributed by atoms with Gasteiger partial charge in [-0.1, -0.05) is 0 Å². The van der Waals surface area contributed by atoms with Gasteiger partial charge in [0.1, 0.15) is 5.82 Å². The number of hydrogen-bond donors (Lipinski definition) is 0.